The topological polar surface area (TPSA) is 12.0 Å². The lowest BCUT2D eigenvalue weighted by molar-refractivity contribution is 0.916. The van der Waals surface area contributed by atoms with Crippen molar-refractivity contribution in [2.45, 2.75) is 26.7 Å². The quantitative estimate of drug-likeness (QED) is 0.586. The van der Waals surface area contributed by atoms with Gasteiger partial charge in [0.05, 0.1) is 0 Å². The second-order valence-electron chi connectivity index (χ2n) is 3.14. The fraction of sp³-hybridized carbons (Fsp3) is 0.455. The van der Waals surface area contributed by atoms with Crippen molar-refractivity contribution < 1.29 is 0 Å². The number of allylic oxidation sites excluding steroid dienone is 4. The van der Waals surface area contributed by atoms with Crippen LogP contribution in [-0.4, -0.2) is 6.54 Å². The molecule has 0 aromatic rings. The van der Waals surface area contributed by atoms with Crippen molar-refractivity contribution in [1.82, 2.24) is 5.32 Å². The van der Waals surface area contributed by atoms with Gasteiger partial charge in [0.1, 0.15) is 0 Å². The molecular weight excluding hydrogens is 146 g/mol. The molecule has 1 aliphatic rings. The molecule has 0 aromatic heterocycles. The molecule has 66 valence electrons. The Morgan fingerprint density at radius 1 is 1.50 bits per heavy atom. The van der Waals surface area contributed by atoms with Crippen LogP contribution in [0.2, 0.25) is 0 Å². The molecule has 1 heterocycles. The fourth-order valence-electron chi connectivity index (χ4n) is 1.17. The minimum absolute atomic E-state index is 0.977. The van der Waals surface area contributed by atoms with Gasteiger partial charge in [-0.3, -0.25) is 0 Å². The predicted molar refractivity (Wildman–Crippen MR) is 53.9 cm³/mol. The van der Waals surface area contributed by atoms with Crippen molar-refractivity contribution in [2.75, 3.05) is 6.54 Å². The molecule has 0 aliphatic carbocycles. The van der Waals surface area contributed by atoms with E-state index in [-0.39, 0.29) is 0 Å². The maximum Gasteiger partial charge on any atom is 0.0352 e. The third kappa shape index (κ3) is 2.95. The van der Waals surface area contributed by atoms with E-state index >= 15 is 0 Å². The summed E-state index contributed by atoms with van der Waals surface area (Å²) in [7, 11) is 0. The van der Waals surface area contributed by atoms with Gasteiger partial charge in [-0.05, 0) is 31.5 Å². The van der Waals surface area contributed by atoms with Crippen LogP contribution in [0.25, 0.3) is 0 Å². The van der Waals surface area contributed by atoms with E-state index in [4.69, 9.17) is 0 Å². The number of nitrogens with one attached hydrogen (secondary N) is 1. The Morgan fingerprint density at radius 3 is 3.08 bits per heavy atom. The van der Waals surface area contributed by atoms with Crippen LogP contribution in [0, 0.1) is 0 Å². The van der Waals surface area contributed by atoms with Crippen LogP contribution in [0.1, 0.15) is 26.7 Å². The van der Waals surface area contributed by atoms with Gasteiger partial charge in [0.25, 0.3) is 0 Å². The summed E-state index contributed by atoms with van der Waals surface area (Å²) < 4.78 is 0. The van der Waals surface area contributed by atoms with E-state index in [1.165, 1.54) is 11.1 Å². The standard InChI is InChI=1S/C11H17N/c1-3-11-7-5-4-6-10(2)8-12-9-11/h5-7,9,12H,3-4,8H2,1-2H3/b7-5-,10-6-,11-9-. The van der Waals surface area contributed by atoms with Crippen molar-refractivity contribution in [2.24, 2.45) is 0 Å². The Morgan fingerprint density at radius 2 is 2.33 bits per heavy atom. The molecule has 0 spiro atoms. The van der Waals surface area contributed by atoms with Gasteiger partial charge in [-0.15, -0.1) is 0 Å². The zero-order chi connectivity index (χ0) is 8.81. The van der Waals surface area contributed by atoms with E-state index in [0.717, 1.165) is 19.4 Å². The third-order valence-corrected chi connectivity index (χ3v) is 2.01. The molecule has 12 heavy (non-hydrogen) atoms. The number of hydrogen-bond donors (Lipinski definition) is 1. The second-order valence-corrected chi connectivity index (χ2v) is 3.14. The average Bonchev–Trinajstić information content (AvgIpc) is 2.17. The Labute approximate surface area is 74.9 Å². The van der Waals surface area contributed by atoms with Crippen molar-refractivity contribution in [1.29, 1.82) is 0 Å². The summed E-state index contributed by atoms with van der Waals surface area (Å²) >= 11 is 0. The summed E-state index contributed by atoms with van der Waals surface area (Å²) in [5.74, 6) is 0. The highest BCUT2D eigenvalue weighted by Crippen LogP contribution is 2.05. The second kappa shape index (κ2) is 4.81. The molecule has 1 aliphatic heterocycles. The van der Waals surface area contributed by atoms with Crippen LogP contribution >= 0.6 is 0 Å². The van der Waals surface area contributed by atoms with E-state index in [1.54, 1.807) is 0 Å². The van der Waals surface area contributed by atoms with Crippen LogP contribution < -0.4 is 5.32 Å². The molecule has 1 nitrogen and oxygen atoms in total. The van der Waals surface area contributed by atoms with Crippen molar-refractivity contribution >= 4 is 0 Å². The van der Waals surface area contributed by atoms with E-state index in [2.05, 4.69) is 43.6 Å². The zero-order valence-electron chi connectivity index (χ0n) is 7.93. The smallest absolute Gasteiger partial charge is 0.0352 e. The first kappa shape index (κ1) is 9.11. The molecule has 1 heteroatoms. The monoisotopic (exact) mass is 163 g/mol. The molecule has 0 amide bonds. The summed E-state index contributed by atoms with van der Waals surface area (Å²) in [6, 6.07) is 0. The molecule has 1 rings (SSSR count). The molecule has 0 atom stereocenters. The number of rotatable bonds is 1. The first-order chi connectivity index (χ1) is 5.83. The van der Waals surface area contributed by atoms with E-state index in [9.17, 15) is 0 Å². The molecule has 0 bridgehead atoms. The van der Waals surface area contributed by atoms with Crippen LogP contribution in [0.5, 0.6) is 0 Å². The van der Waals surface area contributed by atoms with E-state index in [1.807, 2.05) is 0 Å². The summed E-state index contributed by atoms with van der Waals surface area (Å²) in [6.45, 7) is 5.31. The van der Waals surface area contributed by atoms with Crippen LogP contribution in [-0.2, 0) is 0 Å². The van der Waals surface area contributed by atoms with Gasteiger partial charge in [0.15, 0.2) is 0 Å². The Hall–Kier alpha value is -0.980. The SMILES string of the molecule is CCC1=C/NC/C(C)=C\C/C=C\1. The third-order valence-electron chi connectivity index (χ3n) is 2.01. The first-order valence-electron chi connectivity index (χ1n) is 4.57. The minimum Gasteiger partial charge on any atom is -0.387 e. The maximum atomic E-state index is 3.30. The lowest BCUT2D eigenvalue weighted by Gasteiger charge is -2.01. The number of hydrogen-bond acceptors (Lipinski definition) is 1. The van der Waals surface area contributed by atoms with Gasteiger partial charge in [-0.1, -0.05) is 30.7 Å². The van der Waals surface area contributed by atoms with Crippen LogP contribution in [0.3, 0.4) is 0 Å². The van der Waals surface area contributed by atoms with Gasteiger partial charge in [-0.2, -0.15) is 0 Å². The Bertz CT molecular complexity index is 221. The van der Waals surface area contributed by atoms with Gasteiger partial charge < -0.3 is 5.32 Å². The van der Waals surface area contributed by atoms with E-state index in [0.29, 0.717) is 0 Å². The van der Waals surface area contributed by atoms with Gasteiger partial charge in [0, 0.05) is 6.54 Å². The molecule has 0 unspecified atom stereocenters. The van der Waals surface area contributed by atoms with Gasteiger partial charge >= 0.3 is 0 Å². The van der Waals surface area contributed by atoms with Gasteiger partial charge in [0.2, 0.25) is 0 Å². The van der Waals surface area contributed by atoms with Gasteiger partial charge in [-0.25, -0.2) is 0 Å². The molecule has 0 fully saturated rings. The summed E-state index contributed by atoms with van der Waals surface area (Å²) in [5.41, 5.74) is 2.78. The highest BCUT2D eigenvalue weighted by atomic mass is 14.8. The molecule has 0 aromatic carbocycles. The Balaban J connectivity index is 2.63. The summed E-state index contributed by atoms with van der Waals surface area (Å²) in [6.07, 6.45) is 10.9. The highest BCUT2D eigenvalue weighted by molar-refractivity contribution is 5.20. The van der Waals surface area contributed by atoms with Crippen molar-refractivity contribution in [3.63, 3.8) is 0 Å². The molecular formula is C11H17N. The average molecular weight is 163 g/mol. The lowest BCUT2D eigenvalue weighted by Crippen LogP contribution is -2.08. The van der Waals surface area contributed by atoms with Crippen LogP contribution in [0.4, 0.5) is 0 Å². The largest absolute Gasteiger partial charge is 0.387 e. The lowest BCUT2D eigenvalue weighted by atomic mass is 10.2. The Kier molecular flexibility index (Phi) is 3.65. The fourth-order valence-corrected chi connectivity index (χ4v) is 1.17. The maximum absolute atomic E-state index is 3.30. The molecule has 0 radical (unpaired) electrons. The highest BCUT2D eigenvalue weighted by Gasteiger charge is 1.91. The minimum atomic E-state index is 0.977. The molecule has 1 N–H and O–H groups in total. The predicted octanol–water partition coefficient (Wildman–Crippen LogP) is 2.78. The molecule has 0 saturated carbocycles. The zero-order valence-corrected chi connectivity index (χ0v) is 7.93. The van der Waals surface area contributed by atoms with Crippen molar-refractivity contribution in [3.05, 3.63) is 35.6 Å². The van der Waals surface area contributed by atoms with Crippen molar-refractivity contribution in [3.8, 4) is 0 Å². The summed E-state index contributed by atoms with van der Waals surface area (Å²) in [4.78, 5) is 0. The van der Waals surface area contributed by atoms with Crippen LogP contribution in [0.15, 0.2) is 35.6 Å². The molecule has 0 saturated heterocycles. The normalized spacial score (nSPS) is 29.5. The summed E-state index contributed by atoms with van der Waals surface area (Å²) in [5, 5.41) is 3.30. The van der Waals surface area contributed by atoms with E-state index < -0.39 is 0 Å². The first-order valence-corrected chi connectivity index (χ1v) is 4.57.